The number of carbonyl (C=O) groups is 3. The second-order valence-corrected chi connectivity index (χ2v) is 8.32. The molecule has 1 atom stereocenters. The molecule has 1 saturated heterocycles. The van der Waals surface area contributed by atoms with Crippen LogP contribution in [0.15, 0.2) is 34.8 Å². The van der Waals surface area contributed by atoms with Crippen LogP contribution in [0.1, 0.15) is 25.5 Å². The highest BCUT2D eigenvalue weighted by atomic mass is 79.9. The quantitative estimate of drug-likeness (QED) is 0.691. The van der Waals surface area contributed by atoms with Crippen molar-refractivity contribution in [3.8, 4) is 5.69 Å². The van der Waals surface area contributed by atoms with E-state index in [0.29, 0.717) is 5.82 Å². The lowest BCUT2D eigenvalue weighted by atomic mass is 9.96. The maximum Gasteiger partial charge on any atom is 0.325 e. The molecule has 146 valence electrons. The van der Waals surface area contributed by atoms with Crippen molar-refractivity contribution in [3.63, 3.8) is 0 Å². The van der Waals surface area contributed by atoms with Gasteiger partial charge in [0.25, 0.3) is 5.91 Å². The highest BCUT2D eigenvalue weighted by Gasteiger charge is 2.56. The topological polar surface area (TPSA) is 96.3 Å². The third kappa shape index (κ3) is 3.30. The fourth-order valence-electron chi connectivity index (χ4n) is 3.52. The Bertz CT molecular complexity index is 984. The summed E-state index contributed by atoms with van der Waals surface area (Å²) in [4.78, 5) is 38.5. The molecular weight excluding hydrogens is 426 g/mol. The summed E-state index contributed by atoms with van der Waals surface area (Å²) in [6, 6.07) is 8.72. The molecule has 1 aliphatic carbocycles. The maximum atomic E-state index is 12.7. The number of benzene rings is 1. The molecule has 0 spiro atoms. The van der Waals surface area contributed by atoms with Crippen LogP contribution in [-0.4, -0.2) is 44.6 Å². The van der Waals surface area contributed by atoms with Crippen LogP contribution in [0.4, 0.5) is 10.6 Å². The Morgan fingerprint density at radius 2 is 2.11 bits per heavy atom. The molecule has 1 unspecified atom stereocenters. The number of rotatable bonds is 5. The fraction of sp³-hybridized carbons (Fsp3) is 0.368. The minimum absolute atomic E-state index is 0.151. The molecule has 2 fully saturated rings. The van der Waals surface area contributed by atoms with Crippen LogP contribution >= 0.6 is 15.9 Å². The van der Waals surface area contributed by atoms with Gasteiger partial charge in [-0.1, -0.05) is 22.0 Å². The molecule has 2 aliphatic rings. The molecule has 2 aromatic rings. The Morgan fingerprint density at radius 3 is 2.79 bits per heavy atom. The van der Waals surface area contributed by atoms with E-state index in [0.717, 1.165) is 33.6 Å². The number of amides is 4. The summed E-state index contributed by atoms with van der Waals surface area (Å²) >= 11 is 3.42. The van der Waals surface area contributed by atoms with E-state index in [4.69, 9.17) is 0 Å². The first-order valence-electron chi connectivity index (χ1n) is 9.04. The molecule has 8 nitrogen and oxygen atoms in total. The zero-order valence-electron chi connectivity index (χ0n) is 15.5. The number of aryl methyl sites for hydroxylation is 1. The number of nitrogens with zero attached hydrogens (tertiary/aromatic N) is 3. The van der Waals surface area contributed by atoms with Crippen molar-refractivity contribution < 1.29 is 14.4 Å². The summed E-state index contributed by atoms with van der Waals surface area (Å²) in [6.07, 6.45) is 1.82. The van der Waals surface area contributed by atoms with Crippen molar-refractivity contribution in [1.29, 1.82) is 0 Å². The van der Waals surface area contributed by atoms with Crippen molar-refractivity contribution in [2.45, 2.75) is 32.2 Å². The van der Waals surface area contributed by atoms with Crippen LogP contribution < -0.4 is 10.6 Å². The number of urea groups is 1. The van der Waals surface area contributed by atoms with Crippen LogP contribution in [-0.2, 0) is 9.59 Å². The fourth-order valence-corrected chi connectivity index (χ4v) is 3.90. The van der Waals surface area contributed by atoms with E-state index in [1.54, 1.807) is 17.7 Å². The number of halogens is 1. The van der Waals surface area contributed by atoms with Gasteiger partial charge in [0, 0.05) is 10.5 Å². The van der Waals surface area contributed by atoms with Crippen LogP contribution in [0, 0.1) is 12.8 Å². The number of hydrogen-bond acceptors (Lipinski definition) is 4. The molecule has 2 N–H and O–H groups in total. The second kappa shape index (κ2) is 6.73. The largest absolute Gasteiger partial charge is 0.325 e. The third-order valence-electron chi connectivity index (χ3n) is 5.15. The number of aromatic nitrogens is 2. The van der Waals surface area contributed by atoms with Crippen LogP contribution in [0.5, 0.6) is 0 Å². The lowest BCUT2D eigenvalue weighted by Gasteiger charge is -2.20. The maximum absolute atomic E-state index is 12.7. The van der Waals surface area contributed by atoms with Gasteiger partial charge in [-0.05, 0) is 50.8 Å². The average molecular weight is 446 g/mol. The van der Waals surface area contributed by atoms with Gasteiger partial charge in [-0.3, -0.25) is 14.5 Å². The summed E-state index contributed by atoms with van der Waals surface area (Å²) < 4.78 is 2.49. The Labute approximate surface area is 170 Å². The van der Waals surface area contributed by atoms with Crippen LogP contribution in [0.2, 0.25) is 0 Å². The minimum atomic E-state index is -0.897. The van der Waals surface area contributed by atoms with E-state index in [1.165, 1.54) is 0 Å². The van der Waals surface area contributed by atoms with Gasteiger partial charge < -0.3 is 10.6 Å². The van der Waals surface area contributed by atoms with E-state index in [2.05, 4.69) is 31.7 Å². The summed E-state index contributed by atoms with van der Waals surface area (Å²) in [5.74, 6) is -0.179. The summed E-state index contributed by atoms with van der Waals surface area (Å²) in [5, 5.41) is 9.92. The zero-order valence-corrected chi connectivity index (χ0v) is 17.1. The van der Waals surface area contributed by atoms with Crippen LogP contribution in [0.3, 0.4) is 0 Å². The lowest BCUT2D eigenvalue weighted by molar-refractivity contribution is -0.134. The molecule has 28 heavy (non-hydrogen) atoms. The Hall–Kier alpha value is -2.68. The monoisotopic (exact) mass is 445 g/mol. The zero-order chi connectivity index (χ0) is 20.1. The summed E-state index contributed by atoms with van der Waals surface area (Å²) in [5.41, 5.74) is 0.604. The van der Waals surface area contributed by atoms with Gasteiger partial charge in [-0.25, -0.2) is 9.48 Å². The summed E-state index contributed by atoms with van der Waals surface area (Å²) in [7, 11) is 0. The van der Waals surface area contributed by atoms with Crippen molar-refractivity contribution >= 4 is 39.6 Å². The molecule has 0 radical (unpaired) electrons. The minimum Gasteiger partial charge on any atom is -0.323 e. The van der Waals surface area contributed by atoms with Gasteiger partial charge in [-0.2, -0.15) is 5.10 Å². The molecule has 1 aromatic carbocycles. The first kappa shape index (κ1) is 18.7. The molecule has 1 aromatic heterocycles. The predicted octanol–water partition coefficient (Wildman–Crippen LogP) is 2.60. The van der Waals surface area contributed by atoms with Gasteiger partial charge >= 0.3 is 6.03 Å². The molecule has 2 heterocycles. The molecule has 4 rings (SSSR count). The van der Waals surface area contributed by atoms with Crippen molar-refractivity contribution in [3.05, 3.63) is 40.5 Å². The van der Waals surface area contributed by atoms with E-state index >= 15 is 0 Å². The molecule has 1 saturated carbocycles. The first-order chi connectivity index (χ1) is 13.3. The highest BCUT2D eigenvalue weighted by molar-refractivity contribution is 9.10. The molecule has 1 aliphatic heterocycles. The molecule has 4 amide bonds. The highest BCUT2D eigenvalue weighted by Crippen LogP contribution is 2.42. The molecule has 9 heteroatoms. The van der Waals surface area contributed by atoms with Gasteiger partial charge in [0.2, 0.25) is 5.91 Å². The third-order valence-corrected chi connectivity index (χ3v) is 5.64. The normalized spacial score (nSPS) is 21.8. The van der Waals surface area contributed by atoms with E-state index < -0.39 is 17.5 Å². The Morgan fingerprint density at radius 1 is 1.36 bits per heavy atom. The number of carbonyl (C=O) groups excluding carboxylic acids is 3. The van der Waals surface area contributed by atoms with Gasteiger partial charge in [0.05, 0.1) is 11.4 Å². The standard InChI is InChI=1S/C19H20BrN5O3/c1-11-8-15(25(23-11)14-5-3-4-13(20)9-14)21-16(26)10-24-17(27)19(2,12-6-7-12)22-18(24)28/h3-5,8-9,12H,6-7,10H2,1-2H3,(H,21,26)(H,22,28). The summed E-state index contributed by atoms with van der Waals surface area (Å²) in [6.45, 7) is 3.22. The number of anilines is 1. The number of nitrogens with one attached hydrogen (secondary N) is 2. The SMILES string of the molecule is Cc1cc(NC(=O)CN2C(=O)NC(C)(C3CC3)C2=O)n(-c2cccc(Br)c2)n1. The van der Waals surface area contributed by atoms with E-state index in [1.807, 2.05) is 31.2 Å². The first-order valence-corrected chi connectivity index (χ1v) is 9.84. The van der Waals surface area contributed by atoms with Gasteiger partial charge in [0.1, 0.15) is 17.9 Å². The van der Waals surface area contributed by atoms with E-state index in [-0.39, 0.29) is 18.4 Å². The molecule has 0 bridgehead atoms. The van der Waals surface area contributed by atoms with Crippen LogP contribution in [0.25, 0.3) is 5.69 Å². The Kier molecular flexibility index (Phi) is 4.49. The second-order valence-electron chi connectivity index (χ2n) is 7.41. The average Bonchev–Trinajstić information content (AvgIpc) is 3.39. The smallest absolute Gasteiger partial charge is 0.323 e. The van der Waals surface area contributed by atoms with Gasteiger partial charge in [0.15, 0.2) is 0 Å². The van der Waals surface area contributed by atoms with Crippen molar-refractivity contribution in [1.82, 2.24) is 20.0 Å². The lowest BCUT2D eigenvalue weighted by Crippen LogP contribution is -2.46. The van der Waals surface area contributed by atoms with Crippen molar-refractivity contribution in [2.24, 2.45) is 5.92 Å². The molecular formula is C19H20BrN5O3. The number of hydrogen-bond donors (Lipinski definition) is 2. The predicted molar refractivity (Wildman–Crippen MR) is 106 cm³/mol. The van der Waals surface area contributed by atoms with Gasteiger partial charge in [-0.15, -0.1) is 0 Å². The number of imide groups is 1. The van der Waals surface area contributed by atoms with Crippen molar-refractivity contribution in [2.75, 3.05) is 11.9 Å². The van der Waals surface area contributed by atoms with E-state index in [9.17, 15) is 14.4 Å². The Balaban J connectivity index is 1.51.